The number of hydrogen-bond donors (Lipinski definition) is 0. The van der Waals surface area contributed by atoms with Crippen molar-refractivity contribution in [3.05, 3.63) is 0 Å². The minimum Gasteiger partial charge on any atom is -0.464 e. The summed E-state index contributed by atoms with van der Waals surface area (Å²) < 4.78 is 5.68. The maximum Gasteiger partial charge on any atom is 0.308 e. The molecule has 0 aromatic carbocycles. The molecule has 1 atom stereocenters. The normalized spacial score (nSPS) is 21.4. The highest BCUT2D eigenvalue weighted by Crippen LogP contribution is 2.38. The van der Waals surface area contributed by atoms with E-state index in [9.17, 15) is 4.79 Å². The van der Waals surface area contributed by atoms with Crippen LogP contribution in [0.2, 0.25) is 0 Å². The summed E-state index contributed by atoms with van der Waals surface area (Å²) in [5.74, 6) is 0.0176. The average molecular weight is 244 g/mol. The molecular formula is C13H24O2S. The number of thioether (sulfide) groups is 1. The van der Waals surface area contributed by atoms with Gasteiger partial charge < -0.3 is 4.74 Å². The first-order valence-corrected chi connectivity index (χ1v) is 7.58. The Hall–Kier alpha value is -0.180. The van der Waals surface area contributed by atoms with Crippen molar-refractivity contribution in [1.82, 2.24) is 0 Å². The third kappa shape index (κ3) is 3.69. The lowest BCUT2D eigenvalue weighted by molar-refractivity contribution is -0.149. The molecule has 0 aromatic heterocycles. The van der Waals surface area contributed by atoms with Crippen LogP contribution in [0.4, 0.5) is 0 Å². The lowest BCUT2D eigenvalue weighted by Gasteiger charge is -2.35. The fraction of sp³-hybridized carbons (Fsp3) is 0.923. The predicted octanol–water partition coefficient (Wildman–Crippen LogP) is 3.64. The molecule has 0 radical (unpaired) electrons. The fourth-order valence-corrected chi connectivity index (χ4v) is 2.99. The molecule has 1 aliphatic rings. The van der Waals surface area contributed by atoms with Crippen LogP contribution >= 0.6 is 11.8 Å². The van der Waals surface area contributed by atoms with E-state index < -0.39 is 0 Å². The van der Waals surface area contributed by atoms with Crippen LogP contribution in [0.15, 0.2) is 0 Å². The van der Waals surface area contributed by atoms with Gasteiger partial charge in [0.15, 0.2) is 0 Å². The zero-order valence-electron chi connectivity index (χ0n) is 10.8. The summed E-state index contributed by atoms with van der Waals surface area (Å²) in [6.45, 7) is 4.57. The molecule has 1 aliphatic carbocycles. The van der Waals surface area contributed by atoms with E-state index in [-0.39, 0.29) is 16.6 Å². The van der Waals surface area contributed by atoms with E-state index >= 15 is 0 Å². The van der Waals surface area contributed by atoms with Crippen LogP contribution in [0.5, 0.6) is 0 Å². The average Bonchev–Trinajstić information content (AvgIpc) is 2.36. The smallest absolute Gasteiger partial charge is 0.308 e. The maximum absolute atomic E-state index is 11.6. The van der Waals surface area contributed by atoms with Gasteiger partial charge in [0.2, 0.25) is 0 Å². The van der Waals surface area contributed by atoms with Crippen molar-refractivity contribution in [3.63, 3.8) is 0 Å². The zero-order chi connectivity index (χ0) is 12.0. The number of hydrogen-bond acceptors (Lipinski definition) is 3. The van der Waals surface area contributed by atoms with Crippen LogP contribution in [-0.2, 0) is 9.53 Å². The van der Waals surface area contributed by atoms with Crippen molar-refractivity contribution < 1.29 is 9.53 Å². The molecule has 0 saturated heterocycles. The first-order valence-electron chi connectivity index (χ1n) is 6.35. The molecule has 0 aliphatic heterocycles. The SMILES string of the molecule is CCC(C)C(=O)OCC1(SC)CCCCC1. The van der Waals surface area contributed by atoms with Gasteiger partial charge in [-0.2, -0.15) is 11.8 Å². The quantitative estimate of drug-likeness (QED) is 0.691. The molecule has 0 spiro atoms. The summed E-state index contributed by atoms with van der Waals surface area (Å²) >= 11 is 1.88. The molecule has 0 aromatic rings. The Morgan fingerprint density at radius 2 is 2.00 bits per heavy atom. The molecule has 94 valence electrons. The largest absolute Gasteiger partial charge is 0.464 e. The number of carbonyl (C=O) groups is 1. The predicted molar refractivity (Wildman–Crippen MR) is 69.7 cm³/mol. The second kappa shape index (κ2) is 6.53. The Balaban J connectivity index is 2.41. The molecule has 16 heavy (non-hydrogen) atoms. The van der Waals surface area contributed by atoms with E-state index in [1.807, 2.05) is 25.6 Å². The van der Waals surface area contributed by atoms with Crippen LogP contribution in [0, 0.1) is 5.92 Å². The van der Waals surface area contributed by atoms with Gasteiger partial charge >= 0.3 is 5.97 Å². The molecule has 1 saturated carbocycles. The van der Waals surface area contributed by atoms with E-state index in [4.69, 9.17) is 4.74 Å². The van der Waals surface area contributed by atoms with Crippen molar-refractivity contribution in [2.24, 2.45) is 5.92 Å². The van der Waals surface area contributed by atoms with Crippen LogP contribution in [0.25, 0.3) is 0 Å². The third-order valence-electron chi connectivity index (χ3n) is 3.69. The fourth-order valence-electron chi connectivity index (χ4n) is 2.12. The van der Waals surface area contributed by atoms with Gasteiger partial charge in [0.1, 0.15) is 6.61 Å². The van der Waals surface area contributed by atoms with Crippen molar-refractivity contribution in [2.45, 2.75) is 57.1 Å². The Morgan fingerprint density at radius 1 is 1.38 bits per heavy atom. The highest BCUT2D eigenvalue weighted by Gasteiger charge is 2.33. The Bertz CT molecular complexity index is 222. The standard InChI is InChI=1S/C13H24O2S/c1-4-11(2)12(14)15-10-13(16-3)8-6-5-7-9-13/h11H,4-10H2,1-3H3. The molecule has 1 rings (SSSR count). The van der Waals surface area contributed by atoms with Crippen LogP contribution in [0.1, 0.15) is 52.4 Å². The summed E-state index contributed by atoms with van der Waals surface area (Å²) in [6.07, 6.45) is 9.29. The van der Waals surface area contributed by atoms with Gasteiger partial charge in [-0.05, 0) is 25.5 Å². The lowest BCUT2D eigenvalue weighted by Crippen LogP contribution is -2.35. The second-order valence-electron chi connectivity index (χ2n) is 4.86. The topological polar surface area (TPSA) is 26.3 Å². The maximum atomic E-state index is 11.6. The van der Waals surface area contributed by atoms with E-state index in [0.717, 1.165) is 6.42 Å². The van der Waals surface area contributed by atoms with Gasteiger partial charge in [-0.3, -0.25) is 4.79 Å². The van der Waals surface area contributed by atoms with E-state index in [1.54, 1.807) is 0 Å². The van der Waals surface area contributed by atoms with Gasteiger partial charge in [-0.25, -0.2) is 0 Å². The molecule has 0 heterocycles. The molecule has 3 heteroatoms. The summed E-state index contributed by atoms with van der Waals surface area (Å²) in [5, 5.41) is 0. The molecule has 0 bridgehead atoms. The molecule has 0 amide bonds. The third-order valence-corrected chi connectivity index (χ3v) is 5.08. The second-order valence-corrected chi connectivity index (χ2v) is 6.14. The first-order chi connectivity index (χ1) is 7.63. The van der Waals surface area contributed by atoms with Crippen molar-refractivity contribution in [2.75, 3.05) is 12.9 Å². The van der Waals surface area contributed by atoms with Crippen molar-refractivity contribution >= 4 is 17.7 Å². The highest BCUT2D eigenvalue weighted by molar-refractivity contribution is 8.00. The minimum absolute atomic E-state index is 0.0264. The Kier molecular flexibility index (Phi) is 5.67. The number of rotatable bonds is 5. The van der Waals surface area contributed by atoms with Gasteiger partial charge in [-0.1, -0.05) is 33.1 Å². The lowest BCUT2D eigenvalue weighted by atomic mass is 9.89. The zero-order valence-corrected chi connectivity index (χ0v) is 11.6. The summed E-state index contributed by atoms with van der Waals surface area (Å²) in [7, 11) is 0. The molecule has 2 nitrogen and oxygen atoms in total. The van der Waals surface area contributed by atoms with Gasteiger partial charge in [0.25, 0.3) is 0 Å². The summed E-state index contributed by atoms with van der Waals surface area (Å²) in [5.41, 5.74) is 0. The highest BCUT2D eigenvalue weighted by atomic mass is 32.2. The van der Waals surface area contributed by atoms with Crippen molar-refractivity contribution in [1.29, 1.82) is 0 Å². The monoisotopic (exact) mass is 244 g/mol. The molecule has 0 N–H and O–H groups in total. The number of ether oxygens (including phenoxy) is 1. The molecular weight excluding hydrogens is 220 g/mol. The van der Waals surface area contributed by atoms with Gasteiger partial charge in [0, 0.05) is 4.75 Å². The van der Waals surface area contributed by atoms with E-state index in [1.165, 1.54) is 32.1 Å². The van der Waals surface area contributed by atoms with Gasteiger partial charge in [0.05, 0.1) is 5.92 Å². The Labute approximate surface area is 104 Å². The molecule has 1 fully saturated rings. The first kappa shape index (κ1) is 13.9. The van der Waals surface area contributed by atoms with Crippen molar-refractivity contribution in [3.8, 4) is 0 Å². The van der Waals surface area contributed by atoms with Crippen LogP contribution in [0.3, 0.4) is 0 Å². The summed E-state index contributed by atoms with van der Waals surface area (Å²) in [4.78, 5) is 11.6. The van der Waals surface area contributed by atoms with E-state index in [2.05, 4.69) is 6.26 Å². The van der Waals surface area contributed by atoms with Crippen LogP contribution < -0.4 is 0 Å². The van der Waals surface area contributed by atoms with E-state index in [0.29, 0.717) is 6.61 Å². The minimum atomic E-state index is -0.0264. The Morgan fingerprint density at radius 3 is 2.50 bits per heavy atom. The number of esters is 1. The number of carbonyl (C=O) groups excluding carboxylic acids is 1. The summed E-state index contributed by atoms with van der Waals surface area (Å²) in [6, 6.07) is 0. The molecule has 1 unspecified atom stereocenters. The van der Waals surface area contributed by atoms with Gasteiger partial charge in [-0.15, -0.1) is 0 Å². The van der Waals surface area contributed by atoms with Crippen LogP contribution in [-0.4, -0.2) is 23.6 Å².